The number of fused-ring (bicyclic) bond motifs is 1. The van der Waals surface area contributed by atoms with Crippen molar-refractivity contribution in [3.05, 3.63) is 65.5 Å². The van der Waals surface area contributed by atoms with E-state index in [2.05, 4.69) is 46.4 Å². The molecule has 1 N–H and O–H groups in total. The largest absolute Gasteiger partial charge is 0.350 e. The Balaban J connectivity index is 1.34. The minimum Gasteiger partial charge on any atom is -0.350 e. The van der Waals surface area contributed by atoms with Gasteiger partial charge in [-0.15, -0.1) is 0 Å². The second kappa shape index (κ2) is 8.57. The summed E-state index contributed by atoms with van der Waals surface area (Å²) in [7, 11) is 0. The molecule has 0 atom stereocenters. The highest BCUT2D eigenvalue weighted by molar-refractivity contribution is 5.81. The lowest BCUT2D eigenvalue weighted by Gasteiger charge is -2.15. The van der Waals surface area contributed by atoms with E-state index in [0.29, 0.717) is 13.1 Å². The van der Waals surface area contributed by atoms with E-state index >= 15 is 0 Å². The van der Waals surface area contributed by atoms with Crippen LogP contribution < -0.4 is 5.32 Å². The fourth-order valence-corrected chi connectivity index (χ4v) is 3.93. The summed E-state index contributed by atoms with van der Waals surface area (Å²) in [5.41, 5.74) is 4.43. The van der Waals surface area contributed by atoms with Gasteiger partial charge < -0.3 is 9.88 Å². The Hall–Kier alpha value is -2.66. The first-order valence-electron chi connectivity index (χ1n) is 10.2. The molecule has 0 saturated carbocycles. The third-order valence-corrected chi connectivity index (χ3v) is 5.47. The normalized spacial score (nSPS) is 14.6. The Labute approximate surface area is 166 Å². The van der Waals surface area contributed by atoms with Crippen molar-refractivity contribution in [2.24, 2.45) is 0 Å². The minimum atomic E-state index is 0.0130. The molecule has 1 fully saturated rings. The van der Waals surface area contributed by atoms with Crippen LogP contribution >= 0.6 is 0 Å². The molecule has 0 aliphatic carbocycles. The van der Waals surface area contributed by atoms with Crippen molar-refractivity contribution in [2.45, 2.75) is 45.8 Å². The van der Waals surface area contributed by atoms with E-state index < -0.39 is 0 Å². The molecular weight excluding hydrogens is 348 g/mol. The molecule has 1 amide bonds. The van der Waals surface area contributed by atoms with Crippen LogP contribution in [0.25, 0.3) is 11.0 Å². The Morgan fingerprint density at radius 3 is 2.50 bits per heavy atom. The summed E-state index contributed by atoms with van der Waals surface area (Å²) >= 11 is 0. The van der Waals surface area contributed by atoms with Gasteiger partial charge in [-0.05, 0) is 49.2 Å². The number of aryl methyl sites for hydroxylation is 1. The highest BCUT2D eigenvalue weighted by atomic mass is 16.1. The molecule has 2 heterocycles. The number of para-hydroxylation sites is 2. The highest BCUT2D eigenvalue weighted by Gasteiger charge is 2.13. The van der Waals surface area contributed by atoms with Gasteiger partial charge in [0.2, 0.25) is 5.91 Å². The fraction of sp³-hybridized carbons (Fsp3) is 0.391. The smallest absolute Gasteiger partial charge is 0.240 e. The maximum Gasteiger partial charge on any atom is 0.240 e. The van der Waals surface area contributed by atoms with Gasteiger partial charge in [0.25, 0.3) is 0 Å². The van der Waals surface area contributed by atoms with Crippen molar-refractivity contribution < 1.29 is 4.79 Å². The van der Waals surface area contributed by atoms with Crippen molar-refractivity contribution in [3.63, 3.8) is 0 Å². The number of hydrogen-bond donors (Lipinski definition) is 1. The summed E-state index contributed by atoms with van der Waals surface area (Å²) in [6, 6.07) is 16.6. The zero-order valence-electron chi connectivity index (χ0n) is 16.5. The van der Waals surface area contributed by atoms with Gasteiger partial charge in [-0.3, -0.25) is 9.69 Å². The van der Waals surface area contributed by atoms with Crippen LogP contribution in [0.3, 0.4) is 0 Å². The van der Waals surface area contributed by atoms with Crippen molar-refractivity contribution in [1.82, 2.24) is 19.8 Å². The molecule has 2 aromatic carbocycles. The van der Waals surface area contributed by atoms with Crippen LogP contribution in [0.15, 0.2) is 48.5 Å². The summed E-state index contributed by atoms with van der Waals surface area (Å²) in [6.07, 6.45) is 3.44. The molecule has 1 aromatic heterocycles. The van der Waals surface area contributed by atoms with Crippen molar-refractivity contribution in [2.75, 3.05) is 13.1 Å². The predicted molar refractivity (Wildman–Crippen MR) is 112 cm³/mol. The Morgan fingerprint density at radius 1 is 1.04 bits per heavy atom. The maximum atomic E-state index is 12.5. The lowest BCUT2D eigenvalue weighted by atomic mass is 10.1. The van der Waals surface area contributed by atoms with Crippen LogP contribution in [-0.4, -0.2) is 33.4 Å². The van der Waals surface area contributed by atoms with E-state index in [0.717, 1.165) is 35.4 Å². The standard InChI is InChI=1S/C23H28N4O/c1-2-22-25-20-7-3-4-8-21(20)27(22)17-23(28)24-15-18-9-11-19(12-10-18)16-26-13-5-6-14-26/h3-4,7-12H,2,5-6,13-17H2,1H3,(H,24,28). The third kappa shape index (κ3) is 4.25. The van der Waals surface area contributed by atoms with Crippen LogP contribution in [0.2, 0.25) is 0 Å². The summed E-state index contributed by atoms with van der Waals surface area (Å²) in [6.45, 7) is 6.37. The maximum absolute atomic E-state index is 12.5. The van der Waals surface area contributed by atoms with Crippen LogP contribution in [-0.2, 0) is 30.8 Å². The molecule has 0 radical (unpaired) electrons. The van der Waals surface area contributed by atoms with E-state index in [1.165, 1.54) is 31.5 Å². The van der Waals surface area contributed by atoms with Crippen molar-refractivity contribution in [3.8, 4) is 0 Å². The number of aromatic nitrogens is 2. The van der Waals surface area contributed by atoms with Gasteiger partial charge in [0, 0.05) is 19.5 Å². The Morgan fingerprint density at radius 2 is 1.75 bits per heavy atom. The molecule has 146 valence electrons. The number of carbonyl (C=O) groups excluding carboxylic acids is 1. The van der Waals surface area contributed by atoms with Gasteiger partial charge in [0.05, 0.1) is 11.0 Å². The molecular formula is C23H28N4O. The summed E-state index contributed by atoms with van der Waals surface area (Å²) in [4.78, 5) is 19.7. The first kappa shape index (κ1) is 18.7. The van der Waals surface area contributed by atoms with Gasteiger partial charge in [-0.1, -0.05) is 43.3 Å². The Bertz CT molecular complexity index is 939. The number of rotatable bonds is 7. The molecule has 0 bridgehead atoms. The first-order chi connectivity index (χ1) is 13.7. The van der Waals surface area contributed by atoms with E-state index in [4.69, 9.17) is 0 Å². The number of likely N-dealkylation sites (tertiary alicyclic amines) is 1. The summed E-state index contributed by atoms with van der Waals surface area (Å²) < 4.78 is 2.02. The zero-order valence-corrected chi connectivity index (χ0v) is 16.5. The predicted octanol–water partition coefficient (Wildman–Crippen LogP) is 3.51. The summed E-state index contributed by atoms with van der Waals surface area (Å²) in [5, 5.41) is 3.05. The van der Waals surface area contributed by atoms with Crippen LogP contribution in [0.5, 0.6) is 0 Å². The van der Waals surface area contributed by atoms with Gasteiger partial charge >= 0.3 is 0 Å². The number of nitrogens with zero attached hydrogens (tertiary/aromatic N) is 3. The number of carbonyl (C=O) groups is 1. The topological polar surface area (TPSA) is 50.2 Å². The molecule has 0 unspecified atom stereocenters. The van der Waals surface area contributed by atoms with Gasteiger partial charge in [-0.25, -0.2) is 4.98 Å². The molecule has 1 saturated heterocycles. The van der Waals surface area contributed by atoms with Crippen molar-refractivity contribution >= 4 is 16.9 Å². The average Bonchev–Trinajstić information content (AvgIpc) is 3.35. The molecule has 0 spiro atoms. The number of benzene rings is 2. The molecule has 28 heavy (non-hydrogen) atoms. The van der Waals surface area contributed by atoms with E-state index in [1.807, 2.05) is 28.8 Å². The molecule has 4 rings (SSSR count). The van der Waals surface area contributed by atoms with Gasteiger partial charge in [0.15, 0.2) is 0 Å². The number of nitrogens with one attached hydrogen (secondary N) is 1. The van der Waals surface area contributed by atoms with E-state index in [1.54, 1.807) is 0 Å². The quantitative estimate of drug-likeness (QED) is 0.686. The van der Waals surface area contributed by atoms with E-state index in [-0.39, 0.29) is 5.91 Å². The third-order valence-electron chi connectivity index (χ3n) is 5.47. The number of amides is 1. The molecule has 5 nitrogen and oxygen atoms in total. The summed E-state index contributed by atoms with van der Waals surface area (Å²) in [5.74, 6) is 0.960. The second-order valence-corrected chi connectivity index (χ2v) is 7.53. The Kier molecular flexibility index (Phi) is 5.72. The van der Waals surface area contributed by atoms with E-state index in [9.17, 15) is 4.79 Å². The highest BCUT2D eigenvalue weighted by Crippen LogP contribution is 2.16. The molecule has 1 aliphatic rings. The van der Waals surface area contributed by atoms with Crippen LogP contribution in [0.1, 0.15) is 36.7 Å². The SMILES string of the molecule is CCc1nc2ccccc2n1CC(=O)NCc1ccc(CN2CCCC2)cc1. The molecule has 3 aromatic rings. The molecule has 1 aliphatic heterocycles. The van der Waals surface area contributed by atoms with Gasteiger partial charge in [0.1, 0.15) is 12.4 Å². The fourth-order valence-electron chi connectivity index (χ4n) is 3.93. The van der Waals surface area contributed by atoms with Crippen LogP contribution in [0.4, 0.5) is 0 Å². The van der Waals surface area contributed by atoms with Crippen molar-refractivity contribution in [1.29, 1.82) is 0 Å². The lowest BCUT2D eigenvalue weighted by molar-refractivity contribution is -0.121. The monoisotopic (exact) mass is 376 g/mol. The second-order valence-electron chi connectivity index (χ2n) is 7.53. The van der Waals surface area contributed by atoms with Gasteiger partial charge in [-0.2, -0.15) is 0 Å². The first-order valence-corrected chi connectivity index (χ1v) is 10.2. The molecule has 5 heteroatoms. The number of hydrogen-bond acceptors (Lipinski definition) is 3. The zero-order chi connectivity index (χ0) is 19.3. The van der Waals surface area contributed by atoms with Crippen LogP contribution in [0, 0.1) is 0 Å². The number of imidazole rings is 1. The average molecular weight is 377 g/mol. The minimum absolute atomic E-state index is 0.0130. The lowest BCUT2D eigenvalue weighted by Crippen LogP contribution is -2.27.